The van der Waals surface area contributed by atoms with Crippen LogP contribution in [0, 0.1) is 0 Å². The molecule has 144 valence electrons. The second kappa shape index (κ2) is 12.0. The molecule has 0 bridgehead atoms. The van der Waals surface area contributed by atoms with Crippen LogP contribution in [0.25, 0.3) is 0 Å². The Morgan fingerprint density at radius 3 is 2.70 bits per heavy atom. The van der Waals surface area contributed by atoms with Gasteiger partial charge >= 0.3 is 0 Å². The zero-order valence-electron chi connectivity index (χ0n) is 15.8. The Bertz CT molecular complexity index is 735. The fourth-order valence-electron chi connectivity index (χ4n) is 2.29. The molecule has 6 heteroatoms. The molecule has 0 saturated carbocycles. The summed E-state index contributed by atoms with van der Waals surface area (Å²) in [6, 6.07) is 15.4. The standard InChI is InChI=1S/C21H26N2O3S/c1-3-4-8-13-26-19-12-11-17(14-20(19)25-2)15-22-23-21(24)16-27-18-9-6-5-7-10-18/h5-7,9-12,14-15H,3-4,8,13,16H2,1-2H3,(H,23,24)/b22-15+. The first-order valence-corrected chi connectivity index (χ1v) is 10.0. The second-order valence-electron chi connectivity index (χ2n) is 5.86. The maximum atomic E-state index is 11.9. The highest BCUT2D eigenvalue weighted by Gasteiger charge is 2.05. The number of benzene rings is 2. The van der Waals surface area contributed by atoms with E-state index in [1.807, 2.05) is 48.5 Å². The van der Waals surface area contributed by atoms with Crippen LogP contribution in [0.4, 0.5) is 0 Å². The van der Waals surface area contributed by atoms with Gasteiger partial charge in [0.05, 0.1) is 25.7 Å². The van der Waals surface area contributed by atoms with Gasteiger partial charge in [-0.2, -0.15) is 5.10 Å². The summed E-state index contributed by atoms with van der Waals surface area (Å²) in [7, 11) is 1.61. The number of rotatable bonds is 11. The zero-order chi connectivity index (χ0) is 19.3. The number of ether oxygens (including phenoxy) is 2. The van der Waals surface area contributed by atoms with Crippen molar-refractivity contribution in [3.05, 3.63) is 54.1 Å². The number of nitrogens with one attached hydrogen (secondary N) is 1. The van der Waals surface area contributed by atoms with Crippen LogP contribution in [0.2, 0.25) is 0 Å². The molecule has 0 fully saturated rings. The minimum atomic E-state index is -0.150. The van der Waals surface area contributed by atoms with Crippen molar-refractivity contribution in [3.8, 4) is 11.5 Å². The van der Waals surface area contributed by atoms with E-state index in [0.29, 0.717) is 23.9 Å². The number of thioether (sulfide) groups is 1. The number of nitrogens with zero attached hydrogens (tertiary/aromatic N) is 1. The monoisotopic (exact) mass is 386 g/mol. The Kier molecular flexibility index (Phi) is 9.27. The summed E-state index contributed by atoms with van der Waals surface area (Å²) in [6.07, 6.45) is 4.92. The normalized spacial score (nSPS) is 10.7. The van der Waals surface area contributed by atoms with E-state index >= 15 is 0 Å². The quantitative estimate of drug-likeness (QED) is 0.267. The molecular weight excluding hydrogens is 360 g/mol. The summed E-state index contributed by atoms with van der Waals surface area (Å²) in [5.41, 5.74) is 3.36. The summed E-state index contributed by atoms with van der Waals surface area (Å²) in [4.78, 5) is 12.9. The molecule has 1 amide bonds. The van der Waals surface area contributed by atoms with Gasteiger partial charge in [-0.05, 0) is 42.3 Å². The summed E-state index contributed by atoms with van der Waals surface area (Å²) in [6.45, 7) is 2.83. The molecule has 27 heavy (non-hydrogen) atoms. The van der Waals surface area contributed by atoms with Crippen LogP contribution in [-0.4, -0.2) is 31.6 Å². The molecule has 0 aromatic heterocycles. The molecule has 2 aromatic carbocycles. The fourth-order valence-corrected chi connectivity index (χ4v) is 3.01. The number of hydrogen-bond acceptors (Lipinski definition) is 5. The van der Waals surface area contributed by atoms with Crippen LogP contribution in [0.1, 0.15) is 31.7 Å². The Labute approximate surface area is 165 Å². The maximum Gasteiger partial charge on any atom is 0.250 e. The Hall–Kier alpha value is -2.47. The van der Waals surface area contributed by atoms with Crippen molar-refractivity contribution in [1.82, 2.24) is 5.43 Å². The van der Waals surface area contributed by atoms with Gasteiger partial charge in [0.25, 0.3) is 0 Å². The Morgan fingerprint density at radius 1 is 1.15 bits per heavy atom. The first-order valence-electron chi connectivity index (χ1n) is 9.03. The molecule has 2 aromatic rings. The average Bonchev–Trinajstić information content (AvgIpc) is 2.71. The largest absolute Gasteiger partial charge is 0.493 e. The molecule has 0 atom stereocenters. The highest BCUT2D eigenvalue weighted by Crippen LogP contribution is 2.27. The predicted molar refractivity (Wildman–Crippen MR) is 111 cm³/mol. The SMILES string of the molecule is CCCCCOc1ccc(/C=N/NC(=O)CSc2ccccc2)cc1OC. The van der Waals surface area contributed by atoms with Crippen molar-refractivity contribution < 1.29 is 14.3 Å². The lowest BCUT2D eigenvalue weighted by molar-refractivity contribution is -0.118. The highest BCUT2D eigenvalue weighted by molar-refractivity contribution is 8.00. The van der Waals surface area contributed by atoms with Crippen molar-refractivity contribution in [3.63, 3.8) is 0 Å². The molecule has 0 saturated heterocycles. The van der Waals surface area contributed by atoms with Crippen molar-refractivity contribution in [2.45, 2.75) is 31.1 Å². The fraction of sp³-hybridized carbons (Fsp3) is 0.333. The van der Waals surface area contributed by atoms with E-state index in [1.54, 1.807) is 13.3 Å². The summed E-state index contributed by atoms with van der Waals surface area (Å²) < 4.78 is 11.1. The van der Waals surface area contributed by atoms with E-state index in [9.17, 15) is 4.79 Å². The van der Waals surface area contributed by atoms with E-state index in [1.165, 1.54) is 11.8 Å². The number of carbonyl (C=O) groups excluding carboxylic acids is 1. The van der Waals surface area contributed by atoms with Crippen molar-refractivity contribution in [2.24, 2.45) is 5.10 Å². The van der Waals surface area contributed by atoms with Crippen LogP contribution < -0.4 is 14.9 Å². The number of unbranched alkanes of at least 4 members (excludes halogenated alkanes) is 2. The molecule has 5 nitrogen and oxygen atoms in total. The second-order valence-corrected chi connectivity index (χ2v) is 6.91. The van der Waals surface area contributed by atoms with E-state index < -0.39 is 0 Å². The van der Waals surface area contributed by atoms with Crippen LogP contribution in [-0.2, 0) is 4.79 Å². The molecule has 0 heterocycles. The Balaban J connectivity index is 1.82. The van der Waals surface area contributed by atoms with Crippen molar-refractivity contribution in [1.29, 1.82) is 0 Å². The van der Waals surface area contributed by atoms with Crippen molar-refractivity contribution >= 4 is 23.9 Å². The van der Waals surface area contributed by atoms with Gasteiger partial charge in [0.2, 0.25) is 5.91 Å². The zero-order valence-corrected chi connectivity index (χ0v) is 16.6. The lowest BCUT2D eigenvalue weighted by atomic mass is 10.2. The van der Waals surface area contributed by atoms with E-state index in [-0.39, 0.29) is 5.91 Å². The Morgan fingerprint density at radius 2 is 1.96 bits per heavy atom. The van der Waals surface area contributed by atoms with E-state index in [4.69, 9.17) is 9.47 Å². The van der Waals surface area contributed by atoms with E-state index in [2.05, 4.69) is 17.5 Å². The van der Waals surface area contributed by atoms with Gasteiger partial charge in [0.15, 0.2) is 11.5 Å². The number of hydrogen-bond donors (Lipinski definition) is 1. The van der Waals surface area contributed by atoms with Gasteiger partial charge in [-0.3, -0.25) is 4.79 Å². The number of methoxy groups -OCH3 is 1. The number of carbonyl (C=O) groups is 1. The molecule has 0 aliphatic carbocycles. The topological polar surface area (TPSA) is 59.9 Å². The number of amides is 1. The van der Waals surface area contributed by atoms with Crippen LogP contribution in [0.15, 0.2) is 58.5 Å². The molecular formula is C21H26N2O3S. The highest BCUT2D eigenvalue weighted by atomic mass is 32.2. The van der Waals surface area contributed by atoms with Gasteiger partial charge in [-0.15, -0.1) is 11.8 Å². The first kappa shape index (κ1) is 20.8. The molecule has 0 aliphatic rings. The van der Waals surface area contributed by atoms with Crippen molar-refractivity contribution in [2.75, 3.05) is 19.5 Å². The van der Waals surface area contributed by atoms with Crippen LogP contribution in [0.3, 0.4) is 0 Å². The smallest absolute Gasteiger partial charge is 0.250 e. The predicted octanol–water partition coefficient (Wildman–Crippen LogP) is 4.51. The minimum Gasteiger partial charge on any atom is -0.493 e. The number of hydrazone groups is 1. The lowest BCUT2D eigenvalue weighted by Gasteiger charge is -2.11. The summed E-state index contributed by atoms with van der Waals surface area (Å²) in [5.74, 6) is 1.54. The van der Waals surface area contributed by atoms with E-state index in [0.717, 1.165) is 29.7 Å². The van der Waals surface area contributed by atoms with Gasteiger partial charge in [0.1, 0.15) is 0 Å². The van der Waals surface area contributed by atoms with Crippen LogP contribution >= 0.6 is 11.8 Å². The van der Waals surface area contributed by atoms with Crippen LogP contribution in [0.5, 0.6) is 11.5 Å². The third kappa shape index (κ3) is 7.74. The maximum absolute atomic E-state index is 11.9. The minimum absolute atomic E-state index is 0.150. The summed E-state index contributed by atoms with van der Waals surface area (Å²) in [5, 5.41) is 4.01. The van der Waals surface area contributed by atoms with Gasteiger partial charge in [-0.25, -0.2) is 5.43 Å². The molecule has 2 rings (SSSR count). The van der Waals surface area contributed by atoms with Gasteiger partial charge in [-0.1, -0.05) is 38.0 Å². The average molecular weight is 387 g/mol. The van der Waals surface area contributed by atoms with Gasteiger partial charge in [0, 0.05) is 4.90 Å². The molecule has 0 unspecified atom stereocenters. The van der Waals surface area contributed by atoms with Gasteiger partial charge < -0.3 is 9.47 Å². The molecule has 0 radical (unpaired) electrons. The lowest BCUT2D eigenvalue weighted by Crippen LogP contribution is -2.19. The first-order chi connectivity index (χ1) is 13.2. The summed E-state index contributed by atoms with van der Waals surface area (Å²) >= 11 is 1.47. The molecule has 0 aliphatic heterocycles. The molecule has 0 spiro atoms. The molecule has 1 N–H and O–H groups in total. The third-order valence-corrected chi connectivity index (χ3v) is 4.72. The third-order valence-electron chi connectivity index (χ3n) is 3.71.